The van der Waals surface area contributed by atoms with Crippen LogP contribution in [0, 0.1) is 0 Å². The van der Waals surface area contributed by atoms with E-state index >= 15 is 0 Å². The molecule has 60 heavy (non-hydrogen) atoms. The van der Waals surface area contributed by atoms with Gasteiger partial charge in [-0.05, 0) is 133 Å². The molecule has 0 spiro atoms. The Labute approximate surface area is 348 Å². The van der Waals surface area contributed by atoms with Crippen molar-refractivity contribution in [3.63, 3.8) is 0 Å². The molecule has 0 atom stereocenters. The fraction of sp³-hybridized carbons (Fsp3) is 0.0769. The van der Waals surface area contributed by atoms with Crippen LogP contribution in [0.4, 0.5) is 0 Å². The SMILES string of the molecule is COc1cccc(-n2c3ccc(cc3)n(-c3cccc(OC)c3)c3cccc(c3)n(-c3cccc(OC)c3)c3ccc(cc3)n(-c3cccc(OC)c3)c3cccc2c3)c1. The Balaban J connectivity index is 1.49. The van der Waals surface area contributed by atoms with Crippen molar-refractivity contribution in [1.82, 2.24) is 18.3 Å². The molecule has 0 aliphatic heterocycles. The van der Waals surface area contributed by atoms with Crippen molar-refractivity contribution in [3.05, 3.63) is 194 Å². The first-order valence-corrected chi connectivity index (χ1v) is 19.7. The molecule has 4 aromatic heterocycles. The van der Waals surface area contributed by atoms with Gasteiger partial charge in [0.25, 0.3) is 0 Å². The Morgan fingerprint density at radius 3 is 0.667 bits per heavy atom. The van der Waals surface area contributed by atoms with Crippen LogP contribution < -0.4 is 18.9 Å². The number of benzene rings is 8. The lowest BCUT2D eigenvalue weighted by atomic mass is 10.2. The quantitative estimate of drug-likeness (QED) is 0.154. The Morgan fingerprint density at radius 1 is 0.233 bits per heavy atom. The third kappa shape index (κ3) is 7.38. The molecule has 0 radical (unpaired) electrons. The molecule has 8 aromatic carbocycles. The van der Waals surface area contributed by atoms with E-state index in [1.54, 1.807) is 28.4 Å². The number of hydrogen-bond acceptors (Lipinski definition) is 4. The van der Waals surface area contributed by atoms with Gasteiger partial charge in [-0.2, -0.15) is 0 Å². The van der Waals surface area contributed by atoms with Crippen LogP contribution in [0.15, 0.2) is 194 Å². The summed E-state index contributed by atoms with van der Waals surface area (Å²) >= 11 is 0. The maximum atomic E-state index is 5.73. The molecule has 12 rings (SSSR count). The Hall–Kier alpha value is -7.84. The second kappa shape index (κ2) is 16.6. The molecule has 8 nitrogen and oxygen atoms in total. The molecule has 12 aromatic rings. The Bertz CT molecular complexity index is 2730. The summed E-state index contributed by atoms with van der Waals surface area (Å²) in [6.45, 7) is 0. The van der Waals surface area contributed by atoms with Crippen LogP contribution in [0.25, 0.3) is 66.9 Å². The summed E-state index contributed by atoms with van der Waals surface area (Å²) < 4.78 is 32.0. The topological polar surface area (TPSA) is 56.6 Å². The fourth-order valence-corrected chi connectivity index (χ4v) is 7.83. The molecule has 0 saturated heterocycles. The van der Waals surface area contributed by atoms with E-state index in [4.69, 9.17) is 18.9 Å². The minimum Gasteiger partial charge on any atom is -0.497 e. The minimum atomic E-state index is 0.768. The van der Waals surface area contributed by atoms with E-state index in [9.17, 15) is 0 Å². The van der Waals surface area contributed by atoms with Crippen LogP contribution in [-0.2, 0) is 0 Å². The molecule has 0 aliphatic rings. The zero-order chi connectivity index (χ0) is 41.0. The highest BCUT2D eigenvalue weighted by molar-refractivity contribution is 5.77. The average molecular weight is 789 g/mol. The zero-order valence-electron chi connectivity index (χ0n) is 33.9. The summed E-state index contributed by atoms with van der Waals surface area (Å²) in [6, 6.07) is 67.2. The number of aromatic nitrogens is 4. The molecule has 0 unspecified atom stereocenters. The van der Waals surface area contributed by atoms with Crippen molar-refractivity contribution in [1.29, 1.82) is 0 Å². The molecule has 8 bridgehead atoms. The van der Waals surface area contributed by atoms with Gasteiger partial charge in [-0.3, -0.25) is 0 Å². The third-order valence-electron chi connectivity index (χ3n) is 10.7. The predicted octanol–water partition coefficient (Wildman–Crippen LogP) is 12.3. The van der Waals surface area contributed by atoms with E-state index < -0.39 is 0 Å². The first-order valence-electron chi connectivity index (χ1n) is 19.7. The molecule has 296 valence electrons. The van der Waals surface area contributed by atoms with Crippen LogP contribution in [0.2, 0.25) is 0 Å². The lowest BCUT2D eigenvalue weighted by molar-refractivity contribution is 0.414. The van der Waals surface area contributed by atoms with Crippen molar-refractivity contribution in [2.75, 3.05) is 28.4 Å². The number of hydrogen-bond donors (Lipinski definition) is 0. The van der Waals surface area contributed by atoms with Gasteiger partial charge in [-0.1, -0.05) is 36.4 Å². The average Bonchev–Trinajstić information content (AvgIpc) is 3.31. The maximum absolute atomic E-state index is 5.73. The van der Waals surface area contributed by atoms with Crippen LogP contribution in [0.3, 0.4) is 0 Å². The van der Waals surface area contributed by atoms with Crippen molar-refractivity contribution in [2.45, 2.75) is 0 Å². The van der Waals surface area contributed by atoms with Gasteiger partial charge >= 0.3 is 0 Å². The summed E-state index contributed by atoms with van der Waals surface area (Å²) in [4.78, 5) is 0. The van der Waals surface area contributed by atoms with Crippen LogP contribution in [0.1, 0.15) is 0 Å². The summed E-state index contributed by atoms with van der Waals surface area (Å²) in [5, 5.41) is 0. The minimum absolute atomic E-state index is 0.768. The van der Waals surface area contributed by atoms with E-state index in [0.717, 1.165) is 89.9 Å². The first kappa shape index (κ1) is 37.7. The summed E-state index contributed by atoms with van der Waals surface area (Å²) in [5.41, 5.74) is 11.6. The first-order chi connectivity index (χ1) is 29.5. The van der Waals surface area contributed by atoms with Gasteiger partial charge in [0, 0.05) is 91.1 Å². The van der Waals surface area contributed by atoms with E-state index in [1.165, 1.54) is 0 Å². The van der Waals surface area contributed by atoms with Crippen LogP contribution in [-0.4, -0.2) is 46.7 Å². The second-order valence-corrected chi connectivity index (χ2v) is 14.2. The molecule has 0 aliphatic carbocycles. The number of ether oxygens (including phenoxy) is 4. The van der Waals surface area contributed by atoms with E-state index in [0.29, 0.717) is 0 Å². The number of rotatable bonds is 8. The van der Waals surface area contributed by atoms with Crippen LogP contribution >= 0.6 is 0 Å². The lowest BCUT2D eigenvalue weighted by Crippen LogP contribution is -2.02. The van der Waals surface area contributed by atoms with Gasteiger partial charge in [0.2, 0.25) is 0 Å². The lowest BCUT2D eigenvalue weighted by Gasteiger charge is -2.17. The summed E-state index contributed by atoms with van der Waals surface area (Å²) in [6.07, 6.45) is 0. The van der Waals surface area contributed by atoms with Crippen molar-refractivity contribution in [2.24, 2.45) is 0 Å². The highest BCUT2D eigenvalue weighted by Crippen LogP contribution is 2.29. The zero-order valence-corrected chi connectivity index (χ0v) is 33.9. The highest BCUT2D eigenvalue weighted by Gasteiger charge is 2.10. The van der Waals surface area contributed by atoms with Gasteiger partial charge in [-0.25, -0.2) is 0 Å². The maximum Gasteiger partial charge on any atom is 0.120 e. The van der Waals surface area contributed by atoms with Gasteiger partial charge in [0.1, 0.15) is 23.0 Å². The Morgan fingerprint density at radius 2 is 0.450 bits per heavy atom. The van der Waals surface area contributed by atoms with Crippen LogP contribution in [0.5, 0.6) is 23.0 Å². The molecule has 0 amide bonds. The highest BCUT2D eigenvalue weighted by atomic mass is 16.5. The normalized spacial score (nSPS) is 11.0. The van der Waals surface area contributed by atoms with Crippen molar-refractivity contribution in [3.8, 4) is 45.7 Å². The summed E-state index contributed by atoms with van der Waals surface area (Å²) in [7, 11) is 6.79. The standard InChI is InChI=1S/C52H44N4O4/c1-57-49-19-7-15-45(33-49)53-37-23-25-38(26-24-37)55(47-17-9-21-51(35-47)59-3)43-13-6-14-44(32-43)56(48-18-10-22-52(36-48)60-4)40-29-27-39(28-30-40)54(42-12-5-11-41(53)31-42)46-16-8-20-50(34-46)58-2/h5-36H,1-4H3. The van der Waals surface area contributed by atoms with Gasteiger partial charge in [-0.15, -0.1) is 0 Å². The molecule has 0 N–H and O–H groups in total. The van der Waals surface area contributed by atoms with Gasteiger partial charge in [0.05, 0.1) is 28.4 Å². The van der Waals surface area contributed by atoms with Gasteiger partial charge in [0.15, 0.2) is 0 Å². The molecule has 8 heteroatoms. The smallest absolute Gasteiger partial charge is 0.120 e. The monoisotopic (exact) mass is 788 g/mol. The Kier molecular flexibility index (Phi) is 10.4. The largest absolute Gasteiger partial charge is 0.497 e. The van der Waals surface area contributed by atoms with E-state index in [2.05, 4.69) is 164 Å². The van der Waals surface area contributed by atoms with Crippen molar-refractivity contribution >= 4 is 44.1 Å². The van der Waals surface area contributed by atoms with Crippen molar-refractivity contribution < 1.29 is 18.9 Å². The van der Waals surface area contributed by atoms with E-state index in [1.807, 2.05) is 48.5 Å². The van der Waals surface area contributed by atoms with Gasteiger partial charge < -0.3 is 37.2 Å². The predicted molar refractivity (Wildman–Crippen MR) is 244 cm³/mol. The summed E-state index contributed by atoms with van der Waals surface area (Å²) in [5.74, 6) is 3.07. The molecule has 0 saturated carbocycles. The molecule has 4 heterocycles. The fourth-order valence-electron chi connectivity index (χ4n) is 7.83. The molecular formula is C52H44N4O4. The number of nitrogens with zero attached hydrogens (tertiary/aromatic N) is 4. The third-order valence-corrected chi connectivity index (χ3v) is 10.7. The molecule has 0 fully saturated rings. The number of methoxy groups -OCH3 is 4. The molecular weight excluding hydrogens is 745 g/mol. The van der Waals surface area contributed by atoms with E-state index in [-0.39, 0.29) is 0 Å². The second-order valence-electron chi connectivity index (χ2n) is 14.2.